The molecule has 66 valence electrons. The Balaban J connectivity index is 2.25. The molecule has 1 aromatic heterocycles. The lowest BCUT2D eigenvalue weighted by Gasteiger charge is -2.07. The van der Waals surface area contributed by atoms with Crippen molar-refractivity contribution in [3.63, 3.8) is 0 Å². The summed E-state index contributed by atoms with van der Waals surface area (Å²) in [5.74, 6) is 0.725. The molecule has 1 aromatic rings. The Morgan fingerprint density at radius 1 is 1.50 bits per heavy atom. The maximum absolute atomic E-state index is 6.07. The molecule has 0 aromatic carbocycles. The molecule has 0 aliphatic heterocycles. The average molecular weight is 311 g/mol. The molecule has 2 N–H and O–H groups in total. The smallest absolute Gasteiger partial charge is 0.0758 e. The minimum Gasteiger partial charge on any atom is -0.324 e. The van der Waals surface area contributed by atoms with Crippen molar-refractivity contribution in [2.75, 3.05) is 0 Å². The summed E-state index contributed by atoms with van der Waals surface area (Å²) < 4.78 is 2.33. The van der Waals surface area contributed by atoms with Crippen molar-refractivity contribution in [3.05, 3.63) is 19.2 Å². The molecule has 0 radical (unpaired) electrons. The van der Waals surface area contributed by atoms with Crippen molar-refractivity contribution in [2.45, 2.75) is 18.9 Å². The van der Waals surface area contributed by atoms with Crippen LogP contribution in [0.5, 0.6) is 0 Å². The Labute approximate surface area is 92.6 Å². The van der Waals surface area contributed by atoms with E-state index in [4.69, 9.17) is 5.73 Å². The normalized spacial score (nSPS) is 19.6. The Hall–Kier alpha value is 0.620. The number of hydrogen-bond acceptors (Lipinski definition) is 2. The highest BCUT2D eigenvalue weighted by molar-refractivity contribution is 9.12. The number of nitrogens with two attached hydrogens (primary N) is 1. The molecule has 1 unspecified atom stereocenters. The largest absolute Gasteiger partial charge is 0.324 e. The van der Waals surface area contributed by atoms with Gasteiger partial charge in [-0.05, 0) is 62.2 Å². The van der Waals surface area contributed by atoms with Gasteiger partial charge >= 0.3 is 0 Å². The van der Waals surface area contributed by atoms with Crippen molar-refractivity contribution in [2.24, 2.45) is 11.7 Å². The maximum Gasteiger partial charge on any atom is 0.0758 e. The van der Waals surface area contributed by atoms with Gasteiger partial charge in [-0.25, -0.2) is 0 Å². The number of halogens is 2. The topological polar surface area (TPSA) is 26.0 Å². The summed E-state index contributed by atoms with van der Waals surface area (Å²) in [6.07, 6.45) is 2.59. The highest BCUT2D eigenvalue weighted by atomic mass is 79.9. The van der Waals surface area contributed by atoms with Crippen molar-refractivity contribution in [1.29, 1.82) is 0 Å². The van der Waals surface area contributed by atoms with Crippen molar-refractivity contribution < 1.29 is 0 Å². The quantitative estimate of drug-likeness (QED) is 0.886. The van der Waals surface area contributed by atoms with Crippen LogP contribution in [0.4, 0.5) is 0 Å². The molecule has 1 saturated carbocycles. The molecule has 2 rings (SSSR count). The molecule has 0 spiro atoms. The SMILES string of the molecule is NC(c1cc(Br)sc1Br)C1CC1. The molecule has 0 amide bonds. The van der Waals surface area contributed by atoms with Crippen LogP contribution < -0.4 is 5.73 Å². The summed E-state index contributed by atoms with van der Waals surface area (Å²) in [5, 5.41) is 0. The van der Waals surface area contributed by atoms with Gasteiger partial charge in [0.05, 0.1) is 7.57 Å². The van der Waals surface area contributed by atoms with Crippen LogP contribution in [0.15, 0.2) is 13.6 Å². The molecule has 1 aliphatic carbocycles. The second-order valence-corrected chi connectivity index (χ2v) is 6.89. The summed E-state index contributed by atoms with van der Waals surface area (Å²) in [6, 6.07) is 2.36. The van der Waals surface area contributed by atoms with Gasteiger partial charge in [0.1, 0.15) is 0 Å². The highest BCUT2D eigenvalue weighted by Gasteiger charge is 2.31. The zero-order valence-electron chi connectivity index (χ0n) is 6.39. The first-order valence-corrected chi connectivity index (χ1v) is 6.29. The lowest BCUT2D eigenvalue weighted by atomic mass is 10.1. The molecule has 12 heavy (non-hydrogen) atoms. The van der Waals surface area contributed by atoms with Gasteiger partial charge in [-0.2, -0.15) is 0 Å². The first-order chi connectivity index (χ1) is 5.68. The van der Waals surface area contributed by atoms with Gasteiger partial charge < -0.3 is 5.73 Å². The molecule has 1 heterocycles. The molecule has 1 fully saturated rings. The third kappa shape index (κ3) is 1.76. The van der Waals surface area contributed by atoms with Gasteiger partial charge in [-0.1, -0.05) is 0 Å². The minimum absolute atomic E-state index is 0.238. The van der Waals surface area contributed by atoms with E-state index in [0.717, 1.165) is 9.70 Å². The van der Waals surface area contributed by atoms with Crippen LogP contribution in [0.1, 0.15) is 24.4 Å². The average Bonchev–Trinajstić information content (AvgIpc) is 2.77. The number of rotatable bonds is 2. The standard InChI is InChI=1S/C8H9Br2NS/c9-6-3-5(8(10)12-6)7(11)4-1-2-4/h3-4,7H,1-2,11H2. The van der Waals surface area contributed by atoms with Crippen LogP contribution in [0.25, 0.3) is 0 Å². The first kappa shape index (κ1) is 9.19. The number of thiophene rings is 1. The fourth-order valence-electron chi connectivity index (χ4n) is 1.29. The summed E-state index contributed by atoms with van der Waals surface area (Å²) in [6.45, 7) is 0. The van der Waals surface area contributed by atoms with Crippen LogP contribution in [0, 0.1) is 5.92 Å². The molecular weight excluding hydrogens is 302 g/mol. The monoisotopic (exact) mass is 309 g/mol. The Bertz CT molecular complexity index is 293. The Morgan fingerprint density at radius 3 is 2.58 bits per heavy atom. The van der Waals surface area contributed by atoms with Gasteiger partial charge in [-0.15, -0.1) is 11.3 Å². The zero-order chi connectivity index (χ0) is 8.72. The highest BCUT2D eigenvalue weighted by Crippen LogP contribution is 2.44. The van der Waals surface area contributed by atoms with E-state index in [0.29, 0.717) is 0 Å². The van der Waals surface area contributed by atoms with Gasteiger partial charge in [0.2, 0.25) is 0 Å². The van der Waals surface area contributed by atoms with E-state index in [-0.39, 0.29) is 6.04 Å². The van der Waals surface area contributed by atoms with Crippen molar-refractivity contribution in [1.82, 2.24) is 0 Å². The lowest BCUT2D eigenvalue weighted by Crippen LogP contribution is -2.11. The third-order valence-corrected chi connectivity index (χ3v) is 4.56. The predicted octanol–water partition coefficient (Wildman–Crippen LogP) is 3.68. The molecule has 0 bridgehead atoms. The third-order valence-electron chi connectivity index (χ3n) is 2.17. The van der Waals surface area contributed by atoms with Crippen molar-refractivity contribution >= 4 is 43.2 Å². The zero-order valence-corrected chi connectivity index (χ0v) is 10.4. The van der Waals surface area contributed by atoms with E-state index < -0.39 is 0 Å². The van der Waals surface area contributed by atoms with E-state index in [1.165, 1.54) is 22.2 Å². The van der Waals surface area contributed by atoms with E-state index in [2.05, 4.69) is 37.9 Å². The van der Waals surface area contributed by atoms with Crippen LogP contribution in [0.2, 0.25) is 0 Å². The van der Waals surface area contributed by atoms with Gasteiger partial charge in [0, 0.05) is 6.04 Å². The molecule has 4 heteroatoms. The number of hydrogen-bond donors (Lipinski definition) is 1. The van der Waals surface area contributed by atoms with Crippen molar-refractivity contribution in [3.8, 4) is 0 Å². The van der Waals surface area contributed by atoms with Gasteiger partial charge in [0.25, 0.3) is 0 Å². The fraction of sp³-hybridized carbons (Fsp3) is 0.500. The molecule has 1 atom stereocenters. The minimum atomic E-state index is 0.238. The summed E-state index contributed by atoms with van der Waals surface area (Å²) in [5.41, 5.74) is 7.33. The molecule has 1 aliphatic rings. The summed E-state index contributed by atoms with van der Waals surface area (Å²) in [7, 11) is 0. The van der Waals surface area contributed by atoms with E-state index >= 15 is 0 Å². The Kier molecular flexibility index (Phi) is 2.61. The molecule has 1 nitrogen and oxygen atoms in total. The second kappa shape index (κ2) is 3.40. The van der Waals surface area contributed by atoms with Crippen LogP contribution in [-0.4, -0.2) is 0 Å². The first-order valence-electron chi connectivity index (χ1n) is 3.89. The molecule has 0 saturated heterocycles. The van der Waals surface area contributed by atoms with Crippen LogP contribution in [0.3, 0.4) is 0 Å². The Morgan fingerprint density at radius 2 is 2.17 bits per heavy atom. The van der Waals surface area contributed by atoms with E-state index in [1.807, 2.05) is 0 Å². The van der Waals surface area contributed by atoms with E-state index in [1.54, 1.807) is 11.3 Å². The molecular formula is C8H9Br2NS. The summed E-state index contributed by atoms with van der Waals surface area (Å²) >= 11 is 8.67. The van der Waals surface area contributed by atoms with Crippen LogP contribution in [-0.2, 0) is 0 Å². The summed E-state index contributed by atoms with van der Waals surface area (Å²) in [4.78, 5) is 0. The van der Waals surface area contributed by atoms with Gasteiger partial charge in [0.15, 0.2) is 0 Å². The second-order valence-electron chi connectivity index (χ2n) is 3.14. The van der Waals surface area contributed by atoms with E-state index in [9.17, 15) is 0 Å². The van der Waals surface area contributed by atoms with Crippen LogP contribution >= 0.6 is 43.2 Å². The maximum atomic E-state index is 6.07. The fourth-order valence-corrected chi connectivity index (χ4v) is 4.25. The van der Waals surface area contributed by atoms with Gasteiger partial charge in [-0.3, -0.25) is 0 Å². The lowest BCUT2D eigenvalue weighted by molar-refractivity contribution is 0.633. The predicted molar refractivity (Wildman–Crippen MR) is 59.4 cm³/mol.